The van der Waals surface area contributed by atoms with Gasteiger partial charge in [-0.2, -0.15) is 0 Å². The van der Waals surface area contributed by atoms with Crippen LogP contribution < -0.4 is 10.5 Å². The second-order valence-corrected chi connectivity index (χ2v) is 3.09. The molecule has 0 aliphatic heterocycles. The van der Waals surface area contributed by atoms with Crippen LogP contribution in [0.25, 0.3) is 12.2 Å². The van der Waals surface area contributed by atoms with E-state index in [9.17, 15) is 0 Å². The van der Waals surface area contributed by atoms with E-state index in [0.717, 1.165) is 11.3 Å². The van der Waals surface area contributed by atoms with Crippen molar-refractivity contribution in [3.63, 3.8) is 0 Å². The first-order valence-electron chi connectivity index (χ1n) is 4.69. The van der Waals surface area contributed by atoms with E-state index in [1.54, 1.807) is 13.2 Å². The molecule has 0 atom stereocenters. The van der Waals surface area contributed by atoms with Crippen LogP contribution in [0.1, 0.15) is 11.5 Å². The van der Waals surface area contributed by atoms with Crippen molar-refractivity contribution in [1.82, 2.24) is 10.2 Å². The van der Waals surface area contributed by atoms with Crippen molar-refractivity contribution in [2.45, 2.75) is 0 Å². The third-order valence-corrected chi connectivity index (χ3v) is 1.99. The second kappa shape index (κ2) is 4.48. The summed E-state index contributed by atoms with van der Waals surface area (Å²) in [5.41, 5.74) is 6.31. The van der Waals surface area contributed by atoms with Crippen LogP contribution in [0.3, 0.4) is 0 Å². The molecular formula is C11H11N3O2. The molecule has 0 bridgehead atoms. The molecule has 2 N–H and O–H groups in total. The molecule has 0 saturated carbocycles. The number of nitrogens with zero attached hydrogens (tertiary/aromatic N) is 2. The van der Waals surface area contributed by atoms with Crippen LogP contribution in [0, 0.1) is 0 Å². The SMILES string of the molecule is COc1ccc(C=Cc2nnc(N)o2)cc1. The Balaban J connectivity index is 2.11. The summed E-state index contributed by atoms with van der Waals surface area (Å²) in [5.74, 6) is 1.20. The minimum absolute atomic E-state index is 0.0642. The summed E-state index contributed by atoms with van der Waals surface area (Å²) in [7, 11) is 1.63. The lowest BCUT2D eigenvalue weighted by Crippen LogP contribution is -1.81. The van der Waals surface area contributed by atoms with Gasteiger partial charge in [0.2, 0.25) is 5.89 Å². The third-order valence-electron chi connectivity index (χ3n) is 1.99. The molecule has 0 aliphatic rings. The van der Waals surface area contributed by atoms with Crippen LogP contribution in [0.5, 0.6) is 5.75 Å². The minimum Gasteiger partial charge on any atom is -0.497 e. The summed E-state index contributed by atoms with van der Waals surface area (Å²) in [5, 5.41) is 7.26. The van der Waals surface area contributed by atoms with Gasteiger partial charge >= 0.3 is 6.01 Å². The number of benzene rings is 1. The van der Waals surface area contributed by atoms with Gasteiger partial charge in [-0.05, 0) is 23.8 Å². The Kier molecular flexibility index (Phi) is 2.86. The molecule has 0 fully saturated rings. The normalized spacial score (nSPS) is 10.8. The molecule has 2 rings (SSSR count). The molecule has 0 amide bonds. The Morgan fingerprint density at radius 2 is 1.94 bits per heavy atom. The fourth-order valence-corrected chi connectivity index (χ4v) is 1.20. The Morgan fingerprint density at radius 1 is 1.19 bits per heavy atom. The predicted molar refractivity (Wildman–Crippen MR) is 60.6 cm³/mol. The number of aromatic nitrogens is 2. The second-order valence-electron chi connectivity index (χ2n) is 3.09. The average Bonchev–Trinajstić information content (AvgIpc) is 2.73. The number of hydrogen-bond acceptors (Lipinski definition) is 5. The van der Waals surface area contributed by atoms with Crippen molar-refractivity contribution in [2.24, 2.45) is 0 Å². The first-order valence-corrected chi connectivity index (χ1v) is 4.69. The van der Waals surface area contributed by atoms with E-state index in [1.807, 2.05) is 30.3 Å². The Bertz CT molecular complexity index is 488. The van der Waals surface area contributed by atoms with E-state index in [0.29, 0.717) is 5.89 Å². The maximum atomic E-state index is 5.29. The molecule has 1 heterocycles. The highest BCUT2D eigenvalue weighted by molar-refractivity contribution is 5.66. The van der Waals surface area contributed by atoms with Gasteiger partial charge in [-0.25, -0.2) is 0 Å². The van der Waals surface area contributed by atoms with Gasteiger partial charge in [-0.15, -0.1) is 5.10 Å². The van der Waals surface area contributed by atoms with Crippen molar-refractivity contribution in [3.05, 3.63) is 35.7 Å². The molecule has 1 aromatic heterocycles. The van der Waals surface area contributed by atoms with Gasteiger partial charge in [0.1, 0.15) is 5.75 Å². The summed E-state index contributed by atoms with van der Waals surface area (Å²) in [6, 6.07) is 7.67. The van der Waals surface area contributed by atoms with Gasteiger partial charge in [0.15, 0.2) is 0 Å². The van der Waals surface area contributed by atoms with E-state index in [1.165, 1.54) is 0 Å². The average molecular weight is 217 g/mol. The summed E-state index contributed by atoms with van der Waals surface area (Å²) >= 11 is 0. The highest BCUT2D eigenvalue weighted by Gasteiger charge is 1.97. The number of methoxy groups -OCH3 is 1. The van der Waals surface area contributed by atoms with Gasteiger partial charge < -0.3 is 14.9 Å². The Labute approximate surface area is 92.5 Å². The molecule has 0 saturated heterocycles. The number of rotatable bonds is 3. The smallest absolute Gasteiger partial charge is 0.313 e. The first-order chi connectivity index (χ1) is 7.78. The molecule has 0 unspecified atom stereocenters. The molecular weight excluding hydrogens is 206 g/mol. The van der Waals surface area contributed by atoms with Gasteiger partial charge in [0.05, 0.1) is 7.11 Å². The first kappa shape index (κ1) is 10.2. The fraction of sp³-hybridized carbons (Fsp3) is 0.0909. The number of anilines is 1. The van der Waals surface area contributed by atoms with Gasteiger partial charge in [0, 0.05) is 6.08 Å². The number of ether oxygens (including phenoxy) is 1. The molecule has 5 heteroatoms. The maximum absolute atomic E-state index is 5.29. The van der Waals surface area contributed by atoms with Crippen molar-refractivity contribution < 1.29 is 9.15 Å². The zero-order valence-corrected chi connectivity index (χ0v) is 8.75. The molecule has 0 spiro atoms. The van der Waals surface area contributed by atoms with Gasteiger partial charge in [-0.1, -0.05) is 17.2 Å². The van der Waals surface area contributed by atoms with Gasteiger partial charge in [0.25, 0.3) is 0 Å². The van der Waals surface area contributed by atoms with E-state index in [-0.39, 0.29) is 6.01 Å². The highest BCUT2D eigenvalue weighted by atomic mass is 16.5. The van der Waals surface area contributed by atoms with Crippen LogP contribution in [0.2, 0.25) is 0 Å². The number of nitrogens with two attached hydrogens (primary N) is 1. The maximum Gasteiger partial charge on any atom is 0.313 e. The Morgan fingerprint density at radius 3 is 2.50 bits per heavy atom. The molecule has 5 nitrogen and oxygen atoms in total. The molecule has 1 aromatic carbocycles. The number of hydrogen-bond donors (Lipinski definition) is 1. The van der Waals surface area contributed by atoms with E-state index >= 15 is 0 Å². The predicted octanol–water partition coefficient (Wildman–Crippen LogP) is 1.83. The highest BCUT2D eigenvalue weighted by Crippen LogP contribution is 2.13. The zero-order valence-electron chi connectivity index (χ0n) is 8.75. The van der Waals surface area contributed by atoms with Crippen molar-refractivity contribution in [3.8, 4) is 5.75 Å². The fourth-order valence-electron chi connectivity index (χ4n) is 1.20. The van der Waals surface area contributed by atoms with Gasteiger partial charge in [-0.3, -0.25) is 0 Å². The van der Waals surface area contributed by atoms with Crippen LogP contribution in [-0.2, 0) is 0 Å². The number of nitrogen functional groups attached to an aromatic ring is 1. The van der Waals surface area contributed by atoms with E-state index in [4.69, 9.17) is 14.9 Å². The summed E-state index contributed by atoms with van der Waals surface area (Å²) in [6.45, 7) is 0. The van der Waals surface area contributed by atoms with Crippen molar-refractivity contribution in [1.29, 1.82) is 0 Å². The van der Waals surface area contributed by atoms with Crippen LogP contribution in [-0.4, -0.2) is 17.3 Å². The third kappa shape index (κ3) is 2.38. The summed E-state index contributed by atoms with van der Waals surface area (Å²) < 4.78 is 10.0. The van der Waals surface area contributed by atoms with Crippen LogP contribution in [0.4, 0.5) is 6.01 Å². The molecule has 16 heavy (non-hydrogen) atoms. The molecule has 0 aliphatic carbocycles. The lowest BCUT2D eigenvalue weighted by atomic mass is 10.2. The largest absolute Gasteiger partial charge is 0.497 e. The van der Waals surface area contributed by atoms with Crippen molar-refractivity contribution >= 4 is 18.2 Å². The molecule has 0 radical (unpaired) electrons. The Hall–Kier alpha value is -2.30. The molecule has 82 valence electrons. The monoisotopic (exact) mass is 217 g/mol. The quantitative estimate of drug-likeness (QED) is 0.848. The minimum atomic E-state index is 0.0642. The lowest BCUT2D eigenvalue weighted by molar-refractivity contribution is 0.415. The topological polar surface area (TPSA) is 74.2 Å². The van der Waals surface area contributed by atoms with E-state index < -0.39 is 0 Å². The van der Waals surface area contributed by atoms with E-state index in [2.05, 4.69) is 10.2 Å². The summed E-state index contributed by atoms with van der Waals surface area (Å²) in [4.78, 5) is 0. The van der Waals surface area contributed by atoms with Crippen molar-refractivity contribution in [2.75, 3.05) is 12.8 Å². The standard InChI is InChI=1S/C11H11N3O2/c1-15-9-5-2-8(3-6-9)4-7-10-13-14-11(12)16-10/h2-7H,1H3,(H2,12,14). The molecule has 2 aromatic rings. The summed E-state index contributed by atoms with van der Waals surface area (Å²) in [6.07, 6.45) is 3.55. The van der Waals surface area contributed by atoms with Crippen LogP contribution in [0.15, 0.2) is 28.7 Å². The van der Waals surface area contributed by atoms with Crippen LogP contribution >= 0.6 is 0 Å². The zero-order chi connectivity index (χ0) is 11.4. The lowest BCUT2D eigenvalue weighted by Gasteiger charge is -1.98.